The molecule has 112 valence electrons. The Hall–Kier alpha value is -1.43. The summed E-state index contributed by atoms with van der Waals surface area (Å²) in [4.78, 5) is 6.79. The second kappa shape index (κ2) is 6.13. The molecule has 1 fully saturated rings. The smallest absolute Gasteiger partial charge is 0.241 e. The van der Waals surface area contributed by atoms with Gasteiger partial charge in [0.05, 0.1) is 6.54 Å². The summed E-state index contributed by atoms with van der Waals surface area (Å²) in [6, 6.07) is 8.20. The third-order valence-corrected chi connectivity index (χ3v) is 4.18. The molecule has 2 heterocycles. The summed E-state index contributed by atoms with van der Waals surface area (Å²) in [5.74, 6) is 1.21. The number of rotatable bonds is 3. The van der Waals surface area contributed by atoms with Crippen molar-refractivity contribution in [3.05, 3.63) is 35.2 Å². The van der Waals surface area contributed by atoms with Crippen LogP contribution in [0.2, 0.25) is 5.02 Å². The molecule has 2 atom stereocenters. The van der Waals surface area contributed by atoms with Gasteiger partial charge in [-0.2, -0.15) is 4.98 Å². The molecule has 2 aromatic rings. The molecule has 3 rings (SSSR count). The van der Waals surface area contributed by atoms with E-state index in [0.717, 1.165) is 24.9 Å². The van der Waals surface area contributed by atoms with Gasteiger partial charge in [-0.25, -0.2) is 0 Å². The number of likely N-dealkylation sites (tertiary alicyclic amines) is 1. The first kappa shape index (κ1) is 14.5. The number of nitrogens with zero attached hydrogens (tertiary/aromatic N) is 3. The van der Waals surface area contributed by atoms with Gasteiger partial charge < -0.3 is 10.3 Å². The van der Waals surface area contributed by atoms with Crippen LogP contribution in [0.5, 0.6) is 0 Å². The molecule has 1 aliphatic rings. The van der Waals surface area contributed by atoms with E-state index >= 15 is 0 Å². The summed E-state index contributed by atoms with van der Waals surface area (Å²) in [5.41, 5.74) is 6.85. The number of hydrogen-bond acceptors (Lipinski definition) is 5. The Bertz CT molecular complexity index is 615. The second-order valence-corrected chi connectivity index (χ2v) is 6.06. The molecule has 0 bridgehead atoms. The zero-order valence-corrected chi connectivity index (χ0v) is 12.8. The van der Waals surface area contributed by atoms with Crippen molar-refractivity contribution in [1.82, 2.24) is 15.0 Å². The number of hydrogen-bond donors (Lipinski definition) is 1. The van der Waals surface area contributed by atoms with Gasteiger partial charge >= 0.3 is 0 Å². The molecule has 0 spiro atoms. The molecule has 0 radical (unpaired) electrons. The fourth-order valence-electron chi connectivity index (χ4n) is 2.73. The van der Waals surface area contributed by atoms with Crippen LogP contribution in [0.15, 0.2) is 28.8 Å². The number of piperidine rings is 1. The predicted octanol–water partition coefficient (Wildman–Crippen LogP) is 2.70. The van der Waals surface area contributed by atoms with E-state index in [-0.39, 0.29) is 0 Å². The van der Waals surface area contributed by atoms with Crippen LogP contribution in [0.1, 0.15) is 25.7 Å². The minimum atomic E-state index is 0.306. The van der Waals surface area contributed by atoms with Crippen LogP contribution in [0, 0.1) is 0 Å². The van der Waals surface area contributed by atoms with Crippen LogP contribution in [0.3, 0.4) is 0 Å². The molecule has 5 nitrogen and oxygen atoms in total. The van der Waals surface area contributed by atoms with Crippen molar-refractivity contribution in [2.45, 2.75) is 38.4 Å². The highest BCUT2D eigenvalue weighted by molar-refractivity contribution is 6.30. The lowest BCUT2D eigenvalue weighted by Crippen LogP contribution is -2.45. The standard InChI is InChI=1S/C15H19ClN4O/c1-10-7-13(17)5-6-20(10)9-14-18-15(19-21-14)11-3-2-4-12(16)8-11/h2-4,8,10,13H,5-7,9,17H2,1H3. The fourth-order valence-corrected chi connectivity index (χ4v) is 2.92. The molecule has 1 aliphatic heterocycles. The summed E-state index contributed by atoms with van der Waals surface area (Å²) in [5, 5.41) is 4.70. The zero-order valence-electron chi connectivity index (χ0n) is 12.0. The molecule has 1 saturated heterocycles. The highest BCUT2D eigenvalue weighted by atomic mass is 35.5. The van der Waals surface area contributed by atoms with Crippen LogP contribution in [0.4, 0.5) is 0 Å². The van der Waals surface area contributed by atoms with Crippen LogP contribution >= 0.6 is 11.6 Å². The molecule has 2 N–H and O–H groups in total. The maximum Gasteiger partial charge on any atom is 0.241 e. The van der Waals surface area contributed by atoms with Gasteiger partial charge in [0.2, 0.25) is 11.7 Å². The van der Waals surface area contributed by atoms with Gasteiger partial charge in [0.15, 0.2) is 0 Å². The van der Waals surface area contributed by atoms with E-state index in [4.69, 9.17) is 21.9 Å². The maximum atomic E-state index is 5.98. The van der Waals surface area contributed by atoms with E-state index in [9.17, 15) is 0 Å². The Kier molecular flexibility index (Phi) is 4.24. The fraction of sp³-hybridized carbons (Fsp3) is 0.467. The largest absolute Gasteiger partial charge is 0.338 e. The SMILES string of the molecule is CC1CC(N)CCN1Cc1nc(-c2cccc(Cl)c2)no1. The highest BCUT2D eigenvalue weighted by Crippen LogP contribution is 2.22. The van der Waals surface area contributed by atoms with E-state index in [1.54, 1.807) is 0 Å². The van der Waals surface area contributed by atoms with Crippen LogP contribution in [0.25, 0.3) is 11.4 Å². The Morgan fingerprint density at radius 1 is 1.48 bits per heavy atom. The molecular weight excluding hydrogens is 288 g/mol. The van der Waals surface area contributed by atoms with Gasteiger partial charge in [0, 0.05) is 29.2 Å². The molecule has 2 unspecified atom stereocenters. The third kappa shape index (κ3) is 3.43. The number of halogens is 1. The molecule has 0 amide bonds. The van der Waals surface area contributed by atoms with Gasteiger partial charge in [-0.1, -0.05) is 28.9 Å². The van der Waals surface area contributed by atoms with Crippen molar-refractivity contribution >= 4 is 11.6 Å². The third-order valence-electron chi connectivity index (χ3n) is 3.94. The monoisotopic (exact) mass is 306 g/mol. The molecular formula is C15H19ClN4O. The summed E-state index contributed by atoms with van der Waals surface area (Å²) in [6.45, 7) is 3.83. The molecule has 0 aliphatic carbocycles. The number of aromatic nitrogens is 2. The lowest BCUT2D eigenvalue weighted by molar-refractivity contribution is 0.124. The number of nitrogens with two attached hydrogens (primary N) is 1. The lowest BCUT2D eigenvalue weighted by Gasteiger charge is -2.35. The van der Waals surface area contributed by atoms with E-state index in [1.807, 2.05) is 24.3 Å². The van der Waals surface area contributed by atoms with E-state index in [1.165, 1.54) is 0 Å². The Labute approximate surface area is 129 Å². The lowest BCUT2D eigenvalue weighted by atomic mass is 9.99. The van der Waals surface area contributed by atoms with Crippen LogP contribution in [-0.2, 0) is 6.54 Å². The summed E-state index contributed by atoms with van der Waals surface area (Å²) >= 11 is 5.98. The first-order valence-corrected chi connectivity index (χ1v) is 7.58. The molecule has 21 heavy (non-hydrogen) atoms. The minimum absolute atomic E-state index is 0.306. The minimum Gasteiger partial charge on any atom is -0.338 e. The van der Waals surface area contributed by atoms with E-state index in [2.05, 4.69) is 22.0 Å². The first-order chi connectivity index (χ1) is 10.1. The Morgan fingerprint density at radius 2 is 2.33 bits per heavy atom. The quantitative estimate of drug-likeness (QED) is 0.944. The second-order valence-electron chi connectivity index (χ2n) is 5.63. The van der Waals surface area contributed by atoms with Crippen molar-refractivity contribution in [3.8, 4) is 11.4 Å². The molecule has 1 aromatic carbocycles. The van der Waals surface area contributed by atoms with E-state index < -0.39 is 0 Å². The highest BCUT2D eigenvalue weighted by Gasteiger charge is 2.24. The van der Waals surface area contributed by atoms with E-state index in [0.29, 0.717) is 35.4 Å². The van der Waals surface area contributed by atoms with Crippen LogP contribution in [-0.4, -0.2) is 33.7 Å². The normalized spacial score (nSPS) is 23.4. The Balaban J connectivity index is 1.71. The van der Waals surface area contributed by atoms with Gasteiger partial charge in [-0.15, -0.1) is 0 Å². The van der Waals surface area contributed by atoms with Crippen molar-refractivity contribution in [1.29, 1.82) is 0 Å². The summed E-state index contributed by atoms with van der Waals surface area (Å²) in [7, 11) is 0. The molecule has 0 saturated carbocycles. The van der Waals surface area contributed by atoms with Gasteiger partial charge in [0.25, 0.3) is 0 Å². The first-order valence-electron chi connectivity index (χ1n) is 7.20. The predicted molar refractivity (Wildman–Crippen MR) is 81.8 cm³/mol. The molecule has 1 aromatic heterocycles. The van der Waals surface area contributed by atoms with Crippen molar-refractivity contribution in [2.24, 2.45) is 5.73 Å². The Morgan fingerprint density at radius 3 is 3.10 bits per heavy atom. The summed E-state index contributed by atoms with van der Waals surface area (Å²) in [6.07, 6.45) is 2.02. The average molecular weight is 307 g/mol. The van der Waals surface area contributed by atoms with Crippen molar-refractivity contribution in [3.63, 3.8) is 0 Å². The maximum absolute atomic E-state index is 5.98. The molecule has 6 heteroatoms. The number of benzene rings is 1. The van der Waals surface area contributed by atoms with Gasteiger partial charge in [-0.05, 0) is 31.9 Å². The summed E-state index contributed by atoms with van der Waals surface area (Å²) < 4.78 is 5.36. The zero-order chi connectivity index (χ0) is 14.8. The van der Waals surface area contributed by atoms with Gasteiger partial charge in [0.1, 0.15) is 0 Å². The average Bonchev–Trinajstić information content (AvgIpc) is 2.91. The van der Waals surface area contributed by atoms with Crippen molar-refractivity contribution in [2.75, 3.05) is 6.54 Å². The van der Waals surface area contributed by atoms with Crippen molar-refractivity contribution < 1.29 is 4.52 Å². The topological polar surface area (TPSA) is 68.2 Å². The van der Waals surface area contributed by atoms with Crippen LogP contribution < -0.4 is 5.73 Å². The van der Waals surface area contributed by atoms with Gasteiger partial charge in [-0.3, -0.25) is 4.90 Å².